The molecular formula is C48H73N3O3. The number of likely N-dealkylation sites (tertiary alicyclic amines) is 2. The number of esters is 1. The highest BCUT2D eigenvalue weighted by Gasteiger charge is 2.32. The summed E-state index contributed by atoms with van der Waals surface area (Å²) in [4.78, 5) is 27.0. The van der Waals surface area contributed by atoms with Crippen molar-refractivity contribution in [3.63, 3.8) is 0 Å². The van der Waals surface area contributed by atoms with E-state index in [0.717, 1.165) is 54.9 Å². The van der Waals surface area contributed by atoms with Gasteiger partial charge >= 0.3 is 5.97 Å². The Morgan fingerprint density at radius 1 is 0.593 bits per heavy atom. The summed E-state index contributed by atoms with van der Waals surface area (Å²) in [5.41, 5.74) is 4.22. The maximum Gasteiger partial charge on any atom is 0.308 e. The molecule has 4 fully saturated rings. The fourth-order valence-electron chi connectivity index (χ4n) is 8.60. The molecule has 6 nitrogen and oxygen atoms in total. The van der Waals surface area contributed by atoms with Crippen LogP contribution in [0.25, 0.3) is 0 Å². The van der Waals surface area contributed by atoms with Gasteiger partial charge in [-0.15, -0.1) is 0 Å². The minimum atomic E-state index is -0.283. The van der Waals surface area contributed by atoms with Crippen molar-refractivity contribution in [2.75, 3.05) is 26.2 Å². The monoisotopic (exact) mass is 740 g/mol. The largest absolute Gasteiger partial charge is 0.427 e. The molecule has 1 amide bonds. The van der Waals surface area contributed by atoms with Crippen LogP contribution in [0.3, 0.4) is 0 Å². The predicted molar refractivity (Wildman–Crippen MR) is 227 cm³/mol. The van der Waals surface area contributed by atoms with Gasteiger partial charge in [-0.2, -0.15) is 0 Å². The number of nitrogens with one attached hydrogen (secondary N) is 1. The summed E-state index contributed by atoms with van der Waals surface area (Å²) in [7, 11) is 0. The third-order valence-electron chi connectivity index (χ3n) is 11.3. The van der Waals surface area contributed by atoms with Gasteiger partial charge in [0.05, 0.1) is 0 Å². The van der Waals surface area contributed by atoms with E-state index in [2.05, 4.69) is 82.7 Å². The van der Waals surface area contributed by atoms with Crippen LogP contribution < -0.4 is 10.1 Å². The van der Waals surface area contributed by atoms with E-state index in [1.165, 1.54) is 83.4 Å². The van der Waals surface area contributed by atoms with Crippen LogP contribution in [0.15, 0.2) is 84.9 Å². The molecule has 2 atom stereocenters. The van der Waals surface area contributed by atoms with Crippen LogP contribution in [0.4, 0.5) is 0 Å². The van der Waals surface area contributed by atoms with E-state index in [-0.39, 0.29) is 11.9 Å². The Balaban J connectivity index is 0.000000217. The molecule has 0 radical (unpaired) electrons. The number of aryl methyl sites for hydroxylation is 1. The summed E-state index contributed by atoms with van der Waals surface area (Å²) in [6.07, 6.45) is 13.3. The molecular weight excluding hydrogens is 667 g/mol. The summed E-state index contributed by atoms with van der Waals surface area (Å²) < 4.78 is 4.83. The molecule has 4 aliphatic rings. The minimum absolute atomic E-state index is 0.106. The Bertz CT molecular complexity index is 1430. The second-order valence-electron chi connectivity index (χ2n) is 15.3. The standard InChI is InChI=1S/C18H26N2O.C17H25N.C9H10O2.2C2H6/c1-14(21)19-17-11-12-20(13-17)18-9-7-16(8-10-18)15-5-3-2-4-6-15;1-14-11-12-18(13-14)17-9-7-16(8-10-17)15-5-3-2-4-6-15;1-7-3-5-9(6-4-7)11-8(2)10;2*1-2/h2-6,16-18H,7-13H2,1H3,(H,19,21);2-6,14,16-17H,7-13H2,1H3;3-6H,1-2H3;2*1-2H3/t16?,17-,18?;14-,16?,17?;;;/m11.../s1. The van der Waals surface area contributed by atoms with Gasteiger partial charge in [-0.25, -0.2) is 0 Å². The Morgan fingerprint density at radius 2 is 1.04 bits per heavy atom. The van der Waals surface area contributed by atoms with Gasteiger partial charge in [-0.3, -0.25) is 14.5 Å². The zero-order chi connectivity index (χ0) is 39.3. The number of carbonyl (C=O) groups excluding carboxylic acids is 2. The Morgan fingerprint density at radius 3 is 1.44 bits per heavy atom. The lowest BCUT2D eigenvalue weighted by atomic mass is 9.81. The van der Waals surface area contributed by atoms with Gasteiger partial charge in [-0.1, -0.05) is 113 Å². The van der Waals surface area contributed by atoms with Crippen LogP contribution in [-0.4, -0.2) is 66.0 Å². The lowest BCUT2D eigenvalue weighted by Crippen LogP contribution is -2.40. The van der Waals surface area contributed by atoms with E-state index in [0.29, 0.717) is 11.8 Å². The molecule has 2 aliphatic heterocycles. The van der Waals surface area contributed by atoms with Gasteiger partial charge in [0.25, 0.3) is 0 Å². The third-order valence-corrected chi connectivity index (χ3v) is 11.3. The first-order valence-corrected chi connectivity index (χ1v) is 21.3. The number of carbonyl (C=O) groups is 2. The molecule has 3 aromatic rings. The molecule has 2 saturated carbocycles. The molecule has 2 saturated heterocycles. The van der Waals surface area contributed by atoms with E-state index >= 15 is 0 Å². The Kier molecular flexibility index (Phi) is 20.7. The zero-order valence-corrected chi connectivity index (χ0v) is 35.1. The molecule has 0 spiro atoms. The van der Waals surface area contributed by atoms with Crippen molar-refractivity contribution in [1.29, 1.82) is 0 Å². The molecule has 2 heterocycles. The first-order valence-electron chi connectivity index (χ1n) is 21.3. The van der Waals surface area contributed by atoms with Crippen molar-refractivity contribution < 1.29 is 14.3 Å². The minimum Gasteiger partial charge on any atom is -0.427 e. The highest BCUT2D eigenvalue weighted by Crippen LogP contribution is 2.37. The number of nitrogens with zero attached hydrogens (tertiary/aromatic N) is 2. The normalized spacial score (nSPS) is 25.1. The molecule has 1 N–H and O–H groups in total. The first-order chi connectivity index (χ1) is 26.2. The molecule has 6 heteroatoms. The number of benzene rings is 3. The Hall–Kier alpha value is -3.48. The summed E-state index contributed by atoms with van der Waals surface area (Å²) in [5.74, 6) is 2.92. The van der Waals surface area contributed by atoms with Crippen LogP contribution in [0.5, 0.6) is 5.75 Å². The first kappa shape index (κ1) is 44.9. The van der Waals surface area contributed by atoms with Crippen molar-refractivity contribution in [3.05, 3.63) is 102 Å². The summed E-state index contributed by atoms with van der Waals surface area (Å²) >= 11 is 0. The lowest BCUT2D eigenvalue weighted by molar-refractivity contribution is -0.131. The maximum atomic E-state index is 11.2. The smallest absolute Gasteiger partial charge is 0.308 e. The number of hydrogen-bond donors (Lipinski definition) is 1. The third kappa shape index (κ3) is 15.3. The second-order valence-corrected chi connectivity index (χ2v) is 15.3. The van der Waals surface area contributed by atoms with Gasteiger partial charge in [0.15, 0.2) is 0 Å². The van der Waals surface area contributed by atoms with Crippen LogP contribution in [0.2, 0.25) is 0 Å². The van der Waals surface area contributed by atoms with Crippen molar-refractivity contribution in [2.45, 2.75) is 150 Å². The average Bonchev–Trinajstić information content (AvgIpc) is 3.87. The van der Waals surface area contributed by atoms with Crippen LogP contribution in [-0.2, 0) is 9.59 Å². The maximum absolute atomic E-state index is 11.2. The quantitative estimate of drug-likeness (QED) is 0.201. The van der Waals surface area contributed by atoms with Crippen molar-refractivity contribution >= 4 is 11.9 Å². The zero-order valence-electron chi connectivity index (χ0n) is 35.1. The number of amides is 1. The predicted octanol–water partition coefficient (Wildman–Crippen LogP) is 11.0. The highest BCUT2D eigenvalue weighted by molar-refractivity contribution is 5.73. The molecule has 0 unspecified atom stereocenters. The van der Waals surface area contributed by atoms with Crippen molar-refractivity contribution in [2.24, 2.45) is 5.92 Å². The van der Waals surface area contributed by atoms with E-state index < -0.39 is 0 Å². The highest BCUT2D eigenvalue weighted by atomic mass is 16.5. The SMILES string of the molecule is CC.CC.CC(=O)N[C@@H]1CCN(C2CCC(c3ccccc3)CC2)C1.CC(=O)Oc1ccc(C)cc1.C[C@@H]1CCN(C2CCC(c3ccccc3)CC2)C1. The fraction of sp³-hybridized carbons (Fsp3) is 0.583. The molecule has 0 aromatic heterocycles. The van der Waals surface area contributed by atoms with E-state index in [4.69, 9.17) is 4.74 Å². The van der Waals surface area contributed by atoms with E-state index in [1.807, 2.05) is 46.8 Å². The Labute approximate surface area is 329 Å². The fourth-order valence-corrected chi connectivity index (χ4v) is 8.60. The van der Waals surface area contributed by atoms with E-state index in [9.17, 15) is 9.59 Å². The molecule has 54 heavy (non-hydrogen) atoms. The van der Waals surface area contributed by atoms with Crippen LogP contribution in [0, 0.1) is 12.8 Å². The van der Waals surface area contributed by atoms with Crippen LogP contribution >= 0.6 is 0 Å². The van der Waals surface area contributed by atoms with Crippen LogP contribution in [0.1, 0.15) is 141 Å². The van der Waals surface area contributed by atoms with Gasteiger partial charge in [-0.05, 0) is 119 Å². The second kappa shape index (κ2) is 24.8. The topological polar surface area (TPSA) is 61.9 Å². The number of hydrogen-bond acceptors (Lipinski definition) is 5. The van der Waals surface area contributed by atoms with Gasteiger partial charge < -0.3 is 15.0 Å². The van der Waals surface area contributed by atoms with Crippen molar-refractivity contribution in [3.8, 4) is 5.75 Å². The molecule has 3 aromatic carbocycles. The average molecular weight is 740 g/mol. The molecule has 7 rings (SSSR count). The van der Waals surface area contributed by atoms with Gasteiger partial charge in [0, 0.05) is 51.6 Å². The number of rotatable bonds is 6. The summed E-state index contributed by atoms with van der Waals surface area (Å²) in [5, 5.41) is 3.06. The van der Waals surface area contributed by atoms with Gasteiger partial charge in [0.2, 0.25) is 5.91 Å². The summed E-state index contributed by atoms with van der Waals surface area (Å²) in [6.45, 7) is 20.3. The molecule has 298 valence electrons. The number of ether oxygens (including phenoxy) is 1. The summed E-state index contributed by atoms with van der Waals surface area (Å²) in [6, 6.07) is 31.4. The molecule has 0 bridgehead atoms. The lowest BCUT2D eigenvalue weighted by Gasteiger charge is -2.35. The van der Waals surface area contributed by atoms with Crippen molar-refractivity contribution in [1.82, 2.24) is 15.1 Å². The molecule has 2 aliphatic carbocycles. The van der Waals surface area contributed by atoms with Gasteiger partial charge in [0.1, 0.15) is 5.75 Å². The van der Waals surface area contributed by atoms with E-state index in [1.54, 1.807) is 24.6 Å².